The van der Waals surface area contributed by atoms with Crippen molar-refractivity contribution in [3.63, 3.8) is 0 Å². The Bertz CT molecular complexity index is 672. The fourth-order valence-corrected chi connectivity index (χ4v) is 2.13. The largest absolute Gasteiger partial charge is 0.497 e. The van der Waals surface area contributed by atoms with Crippen molar-refractivity contribution in [3.8, 4) is 11.5 Å². The number of methoxy groups -OCH3 is 1. The van der Waals surface area contributed by atoms with E-state index in [1.807, 2.05) is 55.5 Å². The molecule has 0 amide bonds. The Morgan fingerprint density at radius 1 is 1.09 bits per heavy atom. The molecule has 2 rings (SSSR count). The molecule has 0 aliphatic carbocycles. The molecule has 0 unspecified atom stereocenters. The number of ether oxygens (including phenoxy) is 2. The number of carboxylic acids is 1. The summed E-state index contributed by atoms with van der Waals surface area (Å²) in [6.07, 6.45) is 0. The third-order valence-electron chi connectivity index (χ3n) is 3.74. The van der Waals surface area contributed by atoms with Crippen molar-refractivity contribution in [2.24, 2.45) is 0 Å². The minimum Gasteiger partial charge on any atom is -0.497 e. The molecular weight excluding hydrogens is 292 g/mol. The molecule has 4 heteroatoms. The van der Waals surface area contributed by atoms with Crippen molar-refractivity contribution in [3.05, 3.63) is 71.8 Å². The maximum Gasteiger partial charge on any atom is 0.331 e. The molecule has 0 bridgehead atoms. The molecule has 0 heterocycles. The van der Waals surface area contributed by atoms with Crippen LogP contribution in [0.3, 0.4) is 0 Å². The third-order valence-corrected chi connectivity index (χ3v) is 3.74. The second kappa shape index (κ2) is 7.49. The van der Waals surface area contributed by atoms with E-state index in [1.165, 1.54) is 0 Å². The average molecular weight is 312 g/mol. The summed E-state index contributed by atoms with van der Waals surface area (Å²) < 4.78 is 10.8. The van der Waals surface area contributed by atoms with Crippen molar-refractivity contribution in [1.29, 1.82) is 0 Å². The highest BCUT2D eigenvalue weighted by Gasteiger charge is 2.15. The highest BCUT2D eigenvalue weighted by Crippen LogP contribution is 2.25. The van der Waals surface area contributed by atoms with Gasteiger partial charge >= 0.3 is 5.97 Å². The summed E-state index contributed by atoms with van der Waals surface area (Å²) in [4.78, 5) is 11.0. The van der Waals surface area contributed by atoms with Gasteiger partial charge in [-0.25, -0.2) is 4.79 Å². The highest BCUT2D eigenvalue weighted by molar-refractivity contribution is 5.87. The lowest BCUT2D eigenvalue weighted by molar-refractivity contribution is -0.132. The van der Waals surface area contributed by atoms with Gasteiger partial charge in [-0.05, 0) is 35.4 Å². The smallest absolute Gasteiger partial charge is 0.331 e. The first-order valence-electron chi connectivity index (χ1n) is 7.29. The van der Waals surface area contributed by atoms with Crippen LogP contribution in [0.2, 0.25) is 0 Å². The zero-order valence-electron chi connectivity index (χ0n) is 13.3. The number of hydrogen-bond donors (Lipinski definition) is 1. The Hall–Kier alpha value is -2.75. The van der Waals surface area contributed by atoms with Gasteiger partial charge in [0.2, 0.25) is 0 Å². The normalized spacial score (nSPS) is 11.6. The van der Waals surface area contributed by atoms with E-state index in [0.717, 1.165) is 22.6 Å². The number of carboxylic acid groups (broad SMARTS) is 1. The molecule has 0 aliphatic rings. The van der Waals surface area contributed by atoms with Crippen LogP contribution in [0.1, 0.15) is 24.0 Å². The van der Waals surface area contributed by atoms with Crippen molar-refractivity contribution < 1.29 is 19.4 Å². The minimum absolute atomic E-state index is 0.178. The fourth-order valence-electron chi connectivity index (χ4n) is 2.13. The van der Waals surface area contributed by atoms with Crippen LogP contribution >= 0.6 is 0 Å². The lowest BCUT2D eigenvalue weighted by Gasteiger charge is -2.13. The van der Waals surface area contributed by atoms with Crippen molar-refractivity contribution in [1.82, 2.24) is 0 Å². The van der Waals surface area contributed by atoms with Crippen molar-refractivity contribution in [2.45, 2.75) is 19.4 Å². The Balaban J connectivity index is 1.96. The van der Waals surface area contributed by atoms with Crippen molar-refractivity contribution >= 4 is 5.97 Å². The van der Waals surface area contributed by atoms with Crippen molar-refractivity contribution in [2.75, 3.05) is 7.11 Å². The standard InChI is InChI=1S/C19H20O4/c1-13(14(2)19(20)21)16-6-10-18(11-7-16)23-12-15-4-8-17(22-3)9-5-15/h4-11,13H,2,12H2,1,3H3,(H,20,21)/t13-/m0/s1. The van der Waals surface area contributed by atoms with Gasteiger partial charge in [-0.15, -0.1) is 0 Å². The molecule has 0 aliphatic heterocycles. The van der Waals surface area contributed by atoms with Crippen LogP contribution in [-0.2, 0) is 11.4 Å². The summed E-state index contributed by atoms with van der Waals surface area (Å²) in [6, 6.07) is 15.1. The van der Waals surface area contributed by atoms with Gasteiger partial charge in [-0.2, -0.15) is 0 Å². The monoisotopic (exact) mass is 312 g/mol. The van der Waals surface area contributed by atoms with E-state index in [2.05, 4.69) is 6.58 Å². The second-order valence-corrected chi connectivity index (χ2v) is 5.26. The Morgan fingerprint density at radius 3 is 2.17 bits per heavy atom. The molecule has 23 heavy (non-hydrogen) atoms. The Labute approximate surface area is 136 Å². The first-order chi connectivity index (χ1) is 11.0. The highest BCUT2D eigenvalue weighted by atomic mass is 16.5. The van der Waals surface area contributed by atoms with Gasteiger partial charge < -0.3 is 14.6 Å². The van der Waals surface area contributed by atoms with Crippen LogP contribution < -0.4 is 9.47 Å². The molecular formula is C19H20O4. The molecule has 0 spiro atoms. The van der Waals surface area contributed by atoms with E-state index in [1.54, 1.807) is 7.11 Å². The summed E-state index contributed by atoms with van der Waals surface area (Å²) in [6.45, 7) is 5.88. The van der Waals surface area contributed by atoms with Gasteiger partial charge in [0.1, 0.15) is 18.1 Å². The van der Waals surface area contributed by atoms with E-state index < -0.39 is 5.97 Å². The summed E-state index contributed by atoms with van der Waals surface area (Å²) in [5.74, 6) is 0.337. The maximum atomic E-state index is 11.0. The number of benzene rings is 2. The number of carbonyl (C=O) groups is 1. The maximum absolute atomic E-state index is 11.0. The predicted molar refractivity (Wildman–Crippen MR) is 89.0 cm³/mol. The second-order valence-electron chi connectivity index (χ2n) is 5.26. The van der Waals surface area contributed by atoms with Gasteiger partial charge in [0.25, 0.3) is 0 Å². The van der Waals surface area contributed by atoms with E-state index in [0.29, 0.717) is 6.61 Å². The van der Waals surface area contributed by atoms with Crippen LogP contribution in [0.4, 0.5) is 0 Å². The van der Waals surface area contributed by atoms with Crippen LogP contribution in [0.25, 0.3) is 0 Å². The van der Waals surface area contributed by atoms with E-state index in [4.69, 9.17) is 14.6 Å². The number of aliphatic carboxylic acids is 1. The molecule has 0 saturated carbocycles. The number of rotatable bonds is 7. The van der Waals surface area contributed by atoms with Gasteiger partial charge in [-0.3, -0.25) is 0 Å². The minimum atomic E-state index is -0.975. The van der Waals surface area contributed by atoms with Crippen LogP contribution in [-0.4, -0.2) is 18.2 Å². The van der Waals surface area contributed by atoms with Crippen LogP contribution in [0.5, 0.6) is 11.5 Å². The van der Waals surface area contributed by atoms with Crippen LogP contribution in [0.15, 0.2) is 60.7 Å². The zero-order valence-corrected chi connectivity index (χ0v) is 13.3. The summed E-state index contributed by atoms with van der Waals surface area (Å²) in [5.41, 5.74) is 2.12. The lowest BCUT2D eigenvalue weighted by Crippen LogP contribution is -2.07. The lowest BCUT2D eigenvalue weighted by atomic mass is 9.94. The number of hydrogen-bond acceptors (Lipinski definition) is 3. The molecule has 1 atom stereocenters. The average Bonchev–Trinajstić information content (AvgIpc) is 2.59. The van der Waals surface area contributed by atoms with E-state index in [9.17, 15) is 4.79 Å². The first kappa shape index (κ1) is 16.6. The predicted octanol–water partition coefficient (Wildman–Crippen LogP) is 4.02. The van der Waals surface area contributed by atoms with Crippen LogP contribution in [0, 0.1) is 0 Å². The quantitative estimate of drug-likeness (QED) is 0.785. The fraction of sp³-hybridized carbons (Fsp3) is 0.211. The molecule has 0 fully saturated rings. The Morgan fingerprint density at radius 2 is 1.65 bits per heavy atom. The van der Waals surface area contributed by atoms with Gasteiger partial charge in [0, 0.05) is 11.5 Å². The topological polar surface area (TPSA) is 55.8 Å². The zero-order chi connectivity index (χ0) is 16.8. The molecule has 0 radical (unpaired) electrons. The molecule has 2 aromatic rings. The summed E-state index contributed by atoms with van der Waals surface area (Å²) >= 11 is 0. The van der Waals surface area contributed by atoms with Gasteiger partial charge in [0.15, 0.2) is 0 Å². The molecule has 0 saturated heterocycles. The molecule has 2 aromatic carbocycles. The van der Waals surface area contributed by atoms with E-state index >= 15 is 0 Å². The molecule has 0 aromatic heterocycles. The van der Waals surface area contributed by atoms with E-state index in [-0.39, 0.29) is 11.5 Å². The Kier molecular flexibility index (Phi) is 5.41. The SMILES string of the molecule is C=C(C(=O)O)[C@H](C)c1ccc(OCc2ccc(OC)cc2)cc1. The summed E-state index contributed by atoms with van der Waals surface area (Å²) in [7, 11) is 1.63. The molecule has 1 N–H and O–H groups in total. The van der Waals surface area contributed by atoms with Gasteiger partial charge in [-0.1, -0.05) is 37.8 Å². The van der Waals surface area contributed by atoms with Gasteiger partial charge in [0.05, 0.1) is 7.11 Å². The summed E-state index contributed by atoms with van der Waals surface area (Å²) in [5, 5.41) is 8.98. The molecule has 4 nitrogen and oxygen atoms in total. The first-order valence-corrected chi connectivity index (χ1v) is 7.29. The molecule has 120 valence electrons. The third kappa shape index (κ3) is 4.36.